The Hall–Kier alpha value is -1.21. The summed E-state index contributed by atoms with van der Waals surface area (Å²) in [6.07, 6.45) is 3.23. The zero-order valence-corrected chi connectivity index (χ0v) is 16.9. The van der Waals surface area contributed by atoms with Crippen LogP contribution in [0.3, 0.4) is 0 Å². The van der Waals surface area contributed by atoms with Crippen molar-refractivity contribution in [1.82, 2.24) is 4.90 Å². The molecular formula is C20H26ClNO4S. The van der Waals surface area contributed by atoms with Gasteiger partial charge in [-0.2, -0.15) is 11.8 Å². The molecule has 1 fully saturated rings. The van der Waals surface area contributed by atoms with Crippen LogP contribution in [0.4, 0.5) is 0 Å². The van der Waals surface area contributed by atoms with Crippen LogP contribution in [0.2, 0.25) is 0 Å². The van der Waals surface area contributed by atoms with Crippen LogP contribution in [0.1, 0.15) is 24.0 Å². The van der Waals surface area contributed by atoms with Crippen molar-refractivity contribution in [2.24, 2.45) is 0 Å². The van der Waals surface area contributed by atoms with Gasteiger partial charge in [-0.3, -0.25) is 4.90 Å². The normalized spacial score (nSPS) is 18.6. The first-order valence-corrected chi connectivity index (χ1v) is 10.6. The maximum Gasteiger partial charge on any atom is 0.339 e. The van der Waals surface area contributed by atoms with Crippen LogP contribution in [-0.4, -0.2) is 53.9 Å². The number of β-amino-alcohol motifs (C(OH)–C–C–N with tert-alkyl or cyclic N) is 1. The average molecular weight is 412 g/mol. The number of benzene rings is 1. The molecule has 1 atom stereocenters. The average Bonchev–Trinajstić information content (AvgIpc) is 2.67. The van der Waals surface area contributed by atoms with Crippen molar-refractivity contribution in [2.75, 3.05) is 37.7 Å². The van der Waals surface area contributed by atoms with Gasteiger partial charge in [0.25, 0.3) is 0 Å². The monoisotopic (exact) mass is 411 g/mol. The Labute approximate surface area is 169 Å². The van der Waals surface area contributed by atoms with Crippen molar-refractivity contribution in [3.8, 4) is 5.75 Å². The van der Waals surface area contributed by atoms with E-state index in [2.05, 4.69) is 4.90 Å². The molecule has 1 N–H and O–H groups in total. The molecule has 5 nitrogen and oxygen atoms in total. The van der Waals surface area contributed by atoms with Crippen LogP contribution in [0, 0.1) is 0 Å². The first-order valence-electron chi connectivity index (χ1n) is 9.41. The molecule has 27 heavy (non-hydrogen) atoms. The fraction of sp³-hybridized carbons (Fsp3) is 0.550. The second-order valence-corrected chi connectivity index (χ2v) is 8.29. The number of fused-ring (bicyclic) bond motifs is 3. The van der Waals surface area contributed by atoms with E-state index in [1.54, 1.807) is 0 Å². The maximum absolute atomic E-state index is 12.2. The largest absolute Gasteiger partial charge is 0.490 e. The lowest BCUT2D eigenvalue weighted by Gasteiger charge is -2.28. The van der Waals surface area contributed by atoms with Gasteiger partial charge in [-0.1, -0.05) is 6.07 Å². The van der Waals surface area contributed by atoms with Crippen molar-refractivity contribution in [3.05, 3.63) is 39.7 Å². The van der Waals surface area contributed by atoms with E-state index in [1.165, 1.54) is 0 Å². The van der Waals surface area contributed by atoms with E-state index in [4.69, 9.17) is 9.15 Å². The third-order valence-corrected chi connectivity index (χ3v) is 6.15. The third kappa shape index (κ3) is 4.62. The topological polar surface area (TPSA) is 62.9 Å². The fourth-order valence-electron chi connectivity index (χ4n) is 3.90. The molecule has 1 aliphatic heterocycles. The van der Waals surface area contributed by atoms with E-state index < -0.39 is 6.10 Å². The van der Waals surface area contributed by atoms with Crippen LogP contribution in [-0.2, 0) is 12.8 Å². The summed E-state index contributed by atoms with van der Waals surface area (Å²) in [5.41, 5.74) is 2.23. The lowest BCUT2D eigenvalue weighted by atomic mass is 9.90. The third-order valence-electron chi connectivity index (χ3n) is 5.21. The summed E-state index contributed by atoms with van der Waals surface area (Å²) in [6.45, 7) is 2.93. The number of aliphatic hydroxyl groups is 1. The number of ether oxygens (including phenoxy) is 1. The van der Waals surface area contributed by atoms with E-state index in [0.29, 0.717) is 17.9 Å². The summed E-state index contributed by atoms with van der Waals surface area (Å²) in [5.74, 6) is 2.96. The number of thioether (sulfide) groups is 1. The highest BCUT2D eigenvalue weighted by Gasteiger charge is 2.21. The second-order valence-electron chi connectivity index (χ2n) is 7.06. The SMILES string of the molecule is Cl.O=c1oc2cccc(OCC(O)CN3CCSCC3)c2c2c1CCCC2. The Bertz CT molecular complexity index is 835. The van der Waals surface area contributed by atoms with E-state index in [1.807, 2.05) is 30.0 Å². The van der Waals surface area contributed by atoms with Crippen molar-refractivity contribution in [2.45, 2.75) is 31.8 Å². The van der Waals surface area contributed by atoms with Crippen LogP contribution in [0.15, 0.2) is 27.4 Å². The summed E-state index contributed by atoms with van der Waals surface area (Å²) in [7, 11) is 0. The minimum Gasteiger partial charge on any atom is -0.490 e. The number of hydrogen-bond acceptors (Lipinski definition) is 6. The Morgan fingerprint density at radius 2 is 1.93 bits per heavy atom. The number of rotatable bonds is 5. The Kier molecular flexibility index (Phi) is 7.09. The molecular weight excluding hydrogens is 386 g/mol. The van der Waals surface area contributed by atoms with Gasteiger partial charge in [0.05, 0.1) is 5.39 Å². The second kappa shape index (κ2) is 9.32. The standard InChI is InChI=1S/C20H25NO4S.ClH/c22-14(12-21-8-10-26-11-9-21)13-24-17-6-3-7-18-19(17)15-4-1-2-5-16(15)20(23)25-18;/h3,6-7,14,22H,1-2,4-5,8-13H2;1H. The highest BCUT2D eigenvalue weighted by atomic mass is 35.5. The molecule has 1 unspecified atom stereocenters. The van der Waals surface area contributed by atoms with Gasteiger partial charge in [0, 0.05) is 36.7 Å². The Morgan fingerprint density at radius 1 is 1.19 bits per heavy atom. The van der Waals surface area contributed by atoms with Crippen LogP contribution < -0.4 is 10.4 Å². The van der Waals surface area contributed by atoms with Crippen molar-refractivity contribution in [1.29, 1.82) is 0 Å². The molecule has 2 aromatic rings. The molecule has 1 aromatic carbocycles. The zero-order chi connectivity index (χ0) is 17.9. The minimum absolute atomic E-state index is 0. The number of hydrogen-bond donors (Lipinski definition) is 1. The van der Waals surface area contributed by atoms with Gasteiger partial charge in [-0.25, -0.2) is 4.79 Å². The number of nitrogens with zero attached hydrogens (tertiary/aromatic N) is 1. The summed E-state index contributed by atoms with van der Waals surface area (Å²) in [5, 5.41) is 11.3. The summed E-state index contributed by atoms with van der Waals surface area (Å²) in [6, 6.07) is 5.56. The highest BCUT2D eigenvalue weighted by molar-refractivity contribution is 7.99. The lowest BCUT2D eigenvalue weighted by molar-refractivity contribution is 0.0720. The Balaban J connectivity index is 0.00000210. The van der Waals surface area contributed by atoms with E-state index >= 15 is 0 Å². The molecule has 1 saturated heterocycles. The predicted molar refractivity (Wildman–Crippen MR) is 112 cm³/mol. The van der Waals surface area contributed by atoms with E-state index in [0.717, 1.165) is 66.8 Å². The molecule has 2 heterocycles. The van der Waals surface area contributed by atoms with Crippen molar-refractivity contribution < 1.29 is 14.3 Å². The summed E-state index contributed by atoms with van der Waals surface area (Å²) >= 11 is 1.96. The summed E-state index contributed by atoms with van der Waals surface area (Å²) < 4.78 is 11.5. The Morgan fingerprint density at radius 3 is 2.70 bits per heavy atom. The van der Waals surface area contributed by atoms with Crippen molar-refractivity contribution in [3.63, 3.8) is 0 Å². The van der Waals surface area contributed by atoms with Gasteiger partial charge in [-0.05, 0) is 43.4 Å². The molecule has 1 aromatic heterocycles. The number of aryl methyl sites for hydroxylation is 1. The zero-order valence-electron chi connectivity index (χ0n) is 15.3. The number of halogens is 1. The van der Waals surface area contributed by atoms with Gasteiger partial charge >= 0.3 is 5.63 Å². The van der Waals surface area contributed by atoms with Gasteiger partial charge in [0.1, 0.15) is 24.0 Å². The fourth-order valence-corrected chi connectivity index (χ4v) is 4.88. The quantitative estimate of drug-likeness (QED) is 0.763. The van der Waals surface area contributed by atoms with Crippen LogP contribution in [0.5, 0.6) is 5.75 Å². The van der Waals surface area contributed by atoms with Gasteiger partial charge < -0.3 is 14.3 Å². The first-order chi connectivity index (χ1) is 12.7. The van der Waals surface area contributed by atoms with Gasteiger partial charge in [0.15, 0.2) is 0 Å². The number of aliphatic hydroxyl groups excluding tert-OH is 1. The highest BCUT2D eigenvalue weighted by Crippen LogP contribution is 2.33. The molecule has 0 amide bonds. The molecule has 2 aliphatic rings. The summed E-state index contributed by atoms with van der Waals surface area (Å²) in [4.78, 5) is 14.5. The molecule has 4 rings (SSSR count). The van der Waals surface area contributed by atoms with E-state index in [9.17, 15) is 9.90 Å². The lowest BCUT2D eigenvalue weighted by Crippen LogP contribution is -2.40. The maximum atomic E-state index is 12.2. The molecule has 7 heteroatoms. The van der Waals surface area contributed by atoms with Gasteiger partial charge in [-0.15, -0.1) is 12.4 Å². The van der Waals surface area contributed by atoms with Crippen LogP contribution in [0.25, 0.3) is 11.0 Å². The van der Waals surface area contributed by atoms with Crippen molar-refractivity contribution >= 4 is 35.1 Å². The molecule has 0 saturated carbocycles. The molecule has 148 valence electrons. The predicted octanol–water partition coefficient (Wildman–Crippen LogP) is 2.88. The molecule has 0 radical (unpaired) electrons. The molecule has 1 aliphatic carbocycles. The molecule has 0 bridgehead atoms. The smallest absolute Gasteiger partial charge is 0.339 e. The minimum atomic E-state index is -0.528. The van der Waals surface area contributed by atoms with E-state index in [-0.39, 0.29) is 24.6 Å². The van der Waals surface area contributed by atoms with Gasteiger partial charge in [0.2, 0.25) is 0 Å². The molecule has 0 spiro atoms. The first kappa shape index (κ1) is 20.5. The van der Waals surface area contributed by atoms with Crippen LogP contribution >= 0.6 is 24.2 Å².